The van der Waals surface area contributed by atoms with E-state index in [9.17, 15) is 5.11 Å². The molecule has 0 unspecified atom stereocenters. The van der Waals surface area contributed by atoms with Gasteiger partial charge in [-0.05, 0) is 39.1 Å². The average molecular weight is 258 g/mol. The molecule has 5 heteroatoms. The van der Waals surface area contributed by atoms with Crippen LogP contribution in [0.25, 0.3) is 5.65 Å². The Bertz CT molecular complexity index is 573. The van der Waals surface area contributed by atoms with Gasteiger partial charge < -0.3 is 14.2 Å². The zero-order valence-electron chi connectivity index (χ0n) is 11.7. The monoisotopic (exact) mass is 258 g/mol. The van der Waals surface area contributed by atoms with Gasteiger partial charge in [0.1, 0.15) is 19.2 Å². The molecule has 0 aliphatic heterocycles. The molecule has 2 aromatic rings. The number of aliphatic hydroxyl groups is 1. The molecule has 19 heavy (non-hydrogen) atoms. The van der Waals surface area contributed by atoms with Crippen LogP contribution < -0.4 is 10.2 Å². The molecule has 0 aliphatic rings. The number of hydrogen-bond donors (Lipinski definition) is 1. The molecule has 2 heterocycles. The molecule has 0 saturated heterocycles. The molecule has 0 spiro atoms. The van der Waals surface area contributed by atoms with Crippen LogP contribution in [-0.4, -0.2) is 34.5 Å². The first kappa shape index (κ1) is 13.9. The molecule has 0 bridgehead atoms. The van der Waals surface area contributed by atoms with Gasteiger partial charge in [0.05, 0.1) is 17.9 Å². The van der Waals surface area contributed by atoms with Crippen LogP contribution in [0.3, 0.4) is 0 Å². The molecule has 2 aromatic heterocycles. The molecule has 0 amide bonds. The minimum atomic E-state index is -0.675. The van der Waals surface area contributed by atoms with Gasteiger partial charge in [-0.3, -0.25) is 0 Å². The summed E-state index contributed by atoms with van der Waals surface area (Å²) < 4.78 is 7.34. The summed E-state index contributed by atoms with van der Waals surface area (Å²) in [6.45, 7) is 6.10. The molecular formula is C14H19BN2O2. The first-order chi connectivity index (χ1) is 8.89. The summed E-state index contributed by atoms with van der Waals surface area (Å²) in [6.07, 6.45) is 5.15. The first-order valence-corrected chi connectivity index (χ1v) is 6.51. The molecule has 0 atom stereocenters. The van der Waals surface area contributed by atoms with Crippen molar-refractivity contribution < 1.29 is 9.84 Å². The number of pyridine rings is 1. The highest BCUT2D eigenvalue weighted by Crippen LogP contribution is 2.16. The summed E-state index contributed by atoms with van der Waals surface area (Å²) in [7, 11) is 5.91. The van der Waals surface area contributed by atoms with Crippen LogP contribution in [0.2, 0.25) is 0 Å². The van der Waals surface area contributed by atoms with Crippen LogP contribution in [0.5, 0.6) is 5.75 Å². The fourth-order valence-corrected chi connectivity index (χ4v) is 1.92. The molecule has 1 N–H and O–H groups in total. The van der Waals surface area contributed by atoms with Gasteiger partial charge in [0.15, 0.2) is 0 Å². The predicted molar refractivity (Wildman–Crippen MR) is 76.4 cm³/mol. The first-order valence-electron chi connectivity index (χ1n) is 6.51. The van der Waals surface area contributed by atoms with Crippen LogP contribution >= 0.6 is 0 Å². The Morgan fingerprint density at radius 2 is 2.16 bits per heavy atom. The van der Waals surface area contributed by atoms with E-state index in [1.807, 2.05) is 23.6 Å². The summed E-state index contributed by atoms with van der Waals surface area (Å²) in [5, 5.41) is 9.74. The third-order valence-electron chi connectivity index (χ3n) is 2.93. The molecule has 0 fully saturated rings. The van der Waals surface area contributed by atoms with E-state index in [0.717, 1.165) is 17.8 Å². The Hall–Kier alpha value is -1.49. The van der Waals surface area contributed by atoms with Crippen molar-refractivity contribution in [2.75, 3.05) is 6.61 Å². The maximum absolute atomic E-state index is 9.74. The molecule has 4 nitrogen and oxygen atoms in total. The Morgan fingerprint density at radius 3 is 2.79 bits per heavy atom. The van der Waals surface area contributed by atoms with Crippen molar-refractivity contribution in [3.05, 3.63) is 24.2 Å². The number of aryl methyl sites for hydroxylation is 1. The minimum Gasteiger partial charge on any atom is -0.494 e. The third kappa shape index (κ3) is 3.50. The van der Waals surface area contributed by atoms with Gasteiger partial charge in [-0.2, -0.15) is 0 Å². The lowest BCUT2D eigenvalue weighted by Crippen LogP contribution is -2.19. The third-order valence-corrected chi connectivity index (χ3v) is 2.93. The SMILES string of the molecule is [B]c1cn2cc(CCC(C)(C)O)nc2cc1OCC. The maximum atomic E-state index is 9.74. The number of imidazole rings is 1. The van der Waals surface area contributed by atoms with Crippen molar-refractivity contribution in [3.63, 3.8) is 0 Å². The van der Waals surface area contributed by atoms with E-state index in [4.69, 9.17) is 12.6 Å². The van der Waals surface area contributed by atoms with E-state index < -0.39 is 5.60 Å². The number of nitrogens with zero attached hydrogens (tertiary/aromatic N) is 2. The Labute approximate surface area is 114 Å². The second-order valence-electron chi connectivity index (χ2n) is 5.34. The van der Waals surface area contributed by atoms with Gasteiger partial charge in [-0.25, -0.2) is 4.98 Å². The van der Waals surface area contributed by atoms with E-state index >= 15 is 0 Å². The summed E-state index contributed by atoms with van der Waals surface area (Å²) in [4.78, 5) is 4.52. The van der Waals surface area contributed by atoms with Gasteiger partial charge in [-0.15, -0.1) is 0 Å². The summed E-state index contributed by atoms with van der Waals surface area (Å²) in [5.41, 5.74) is 1.67. The van der Waals surface area contributed by atoms with Crippen LogP contribution in [0.15, 0.2) is 18.5 Å². The van der Waals surface area contributed by atoms with Crippen molar-refractivity contribution in [2.24, 2.45) is 0 Å². The second-order valence-corrected chi connectivity index (χ2v) is 5.34. The standard InChI is InChI=1S/C14H19BN2O2/c1-4-19-12-7-13-16-10(5-6-14(2,3)18)8-17(13)9-11(12)15/h7-9,18H,4-6H2,1-3H3. The molecule has 0 aromatic carbocycles. The normalized spacial score (nSPS) is 12.0. The fourth-order valence-electron chi connectivity index (χ4n) is 1.92. The lowest BCUT2D eigenvalue weighted by atomic mass is 9.97. The highest BCUT2D eigenvalue weighted by Gasteiger charge is 2.14. The fraction of sp³-hybridized carbons (Fsp3) is 0.500. The Balaban J connectivity index is 2.25. The largest absolute Gasteiger partial charge is 0.494 e. The van der Waals surface area contributed by atoms with Gasteiger partial charge in [0.25, 0.3) is 0 Å². The minimum absolute atomic E-state index is 0.576. The highest BCUT2D eigenvalue weighted by molar-refractivity contribution is 6.34. The summed E-state index contributed by atoms with van der Waals surface area (Å²) >= 11 is 0. The quantitative estimate of drug-likeness (QED) is 0.820. The van der Waals surface area contributed by atoms with Crippen molar-refractivity contribution in [1.82, 2.24) is 9.38 Å². The number of rotatable bonds is 5. The molecule has 0 saturated carbocycles. The lowest BCUT2D eigenvalue weighted by Gasteiger charge is -2.15. The maximum Gasteiger partial charge on any atom is 0.140 e. The smallest absolute Gasteiger partial charge is 0.140 e. The van der Waals surface area contributed by atoms with E-state index in [1.165, 1.54) is 0 Å². The highest BCUT2D eigenvalue weighted by atomic mass is 16.5. The van der Waals surface area contributed by atoms with E-state index in [-0.39, 0.29) is 0 Å². The van der Waals surface area contributed by atoms with Crippen molar-refractivity contribution in [2.45, 2.75) is 39.2 Å². The molecular weight excluding hydrogens is 239 g/mol. The van der Waals surface area contributed by atoms with Crippen LogP contribution in [0.4, 0.5) is 0 Å². The average Bonchev–Trinajstić information content (AvgIpc) is 2.68. The number of fused-ring (bicyclic) bond motifs is 1. The van der Waals surface area contributed by atoms with Crippen molar-refractivity contribution in [3.8, 4) is 5.75 Å². The van der Waals surface area contributed by atoms with E-state index in [1.54, 1.807) is 20.0 Å². The Kier molecular flexibility index (Phi) is 3.85. The van der Waals surface area contributed by atoms with Gasteiger partial charge in [0, 0.05) is 18.5 Å². The molecule has 2 radical (unpaired) electrons. The lowest BCUT2D eigenvalue weighted by molar-refractivity contribution is 0.0711. The number of hydrogen-bond acceptors (Lipinski definition) is 3. The van der Waals surface area contributed by atoms with Gasteiger partial charge >= 0.3 is 0 Å². The van der Waals surface area contributed by atoms with Crippen molar-refractivity contribution in [1.29, 1.82) is 0 Å². The van der Waals surface area contributed by atoms with E-state index in [0.29, 0.717) is 24.2 Å². The predicted octanol–water partition coefficient (Wildman–Crippen LogP) is 1.23. The number of ether oxygens (including phenoxy) is 1. The van der Waals surface area contributed by atoms with Crippen LogP contribution in [0.1, 0.15) is 32.9 Å². The van der Waals surface area contributed by atoms with Crippen LogP contribution in [-0.2, 0) is 6.42 Å². The molecule has 2 rings (SSSR count). The molecule has 100 valence electrons. The van der Waals surface area contributed by atoms with Crippen molar-refractivity contribution >= 4 is 19.0 Å². The van der Waals surface area contributed by atoms with Gasteiger partial charge in [0.2, 0.25) is 0 Å². The Morgan fingerprint density at radius 1 is 1.42 bits per heavy atom. The van der Waals surface area contributed by atoms with E-state index in [2.05, 4.69) is 4.98 Å². The zero-order chi connectivity index (χ0) is 14.0. The topological polar surface area (TPSA) is 46.8 Å². The zero-order valence-corrected chi connectivity index (χ0v) is 11.7. The second kappa shape index (κ2) is 5.25. The van der Waals surface area contributed by atoms with Gasteiger partial charge in [-0.1, -0.05) is 0 Å². The summed E-state index contributed by atoms with van der Waals surface area (Å²) in [6, 6.07) is 1.84. The molecule has 0 aliphatic carbocycles. The summed E-state index contributed by atoms with van der Waals surface area (Å²) in [5.74, 6) is 0.662. The number of aromatic nitrogens is 2. The van der Waals surface area contributed by atoms with Crippen LogP contribution in [0, 0.1) is 0 Å².